The van der Waals surface area contributed by atoms with Gasteiger partial charge in [0.2, 0.25) is 0 Å². The first-order valence-corrected chi connectivity index (χ1v) is 9.77. The summed E-state index contributed by atoms with van der Waals surface area (Å²) in [5.41, 5.74) is 7.26. The van der Waals surface area contributed by atoms with Crippen molar-refractivity contribution in [3.63, 3.8) is 0 Å². The van der Waals surface area contributed by atoms with Crippen LogP contribution >= 0.6 is 0 Å². The Labute approximate surface area is 171 Å². The number of hydrogen-bond acceptors (Lipinski definition) is 6. The van der Waals surface area contributed by atoms with E-state index in [4.69, 9.17) is 10.5 Å². The van der Waals surface area contributed by atoms with Crippen LogP contribution in [0.1, 0.15) is 53.0 Å². The molecule has 1 rings (SSSR count). The van der Waals surface area contributed by atoms with E-state index in [9.17, 15) is 9.59 Å². The van der Waals surface area contributed by atoms with E-state index in [1.165, 1.54) is 7.11 Å². The minimum atomic E-state index is -0.318. The number of methoxy groups -OCH3 is 1. The largest absolute Gasteiger partial charge is 0.469 e. The first-order chi connectivity index (χ1) is 13.1. The number of carbonyl (C=O) groups excluding carboxylic acids is 2. The van der Waals surface area contributed by atoms with E-state index in [0.29, 0.717) is 12.9 Å². The summed E-state index contributed by atoms with van der Waals surface area (Å²) >= 11 is 0. The normalized spacial score (nSPS) is 11.3. The van der Waals surface area contributed by atoms with Crippen molar-refractivity contribution in [3.05, 3.63) is 29.8 Å². The summed E-state index contributed by atoms with van der Waals surface area (Å²) in [6, 6.07) is 7.68. The van der Waals surface area contributed by atoms with Crippen LogP contribution in [-0.4, -0.2) is 50.7 Å². The number of hydrogen-bond donors (Lipinski definition) is 1. The molecule has 162 valence electrons. The van der Waals surface area contributed by atoms with Gasteiger partial charge < -0.3 is 20.1 Å². The Bertz CT molecular complexity index is 540. The van der Waals surface area contributed by atoms with Crippen LogP contribution in [-0.2, 0) is 25.5 Å². The zero-order valence-corrected chi connectivity index (χ0v) is 19.0. The lowest BCUT2D eigenvalue weighted by molar-refractivity contribution is -0.145. The Kier molecular flexibility index (Phi) is 16.0. The monoisotopic (exact) mass is 396 g/mol. The standard InChI is InChI=1S/C15H24N2O2.C5H10O2.C2H6/c1-17(2)9-5-7-13(15(18)19-3)10-12-6-4-8-14(16)11-12;1-5(2,3)7-4-6;1-2/h4,6,8,11,13H,5,7,9-10,16H2,1-3H3;4H,1-3H3;1-2H3. The Morgan fingerprint density at radius 1 is 1.25 bits per heavy atom. The van der Waals surface area contributed by atoms with E-state index in [2.05, 4.69) is 9.64 Å². The molecule has 0 saturated heterocycles. The molecule has 2 N–H and O–H groups in total. The molecule has 1 unspecified atom stereocenters. The van der Waals surface area contributed by atoms with Gasteiger partial charge in [0.25, 0.3) is 6.47 Å². The van der Waals surface area contributed by atoms with Gasteiger partial charge in [-0.05, 0) is 78.4 Å². The molecular weight excluding hydrogens is 356 g/mol. The SMILES string of the molecule is CC.CC(C)(C)OC=O.COC(=O)C(CCCN(C)C)Cc1cccc(N)c1. The second-order valence-corrected chi connectivity index (χ2v) is 7.44. The van der Waals surface area contributed by atoms with E-state index in [1.807, 2.05) is 73.0 Å². The summed E-state index contributed by atoms with van der Waals surface area (Å²) in [7, 11) is 5.51. The molecule has 0 aliphatic rings. The highest BCUT2D eigenvalue weighted by Gasteiger charge is 2.19. The number of anilines is 1. The maximum atomic E-state index is 11.8. The molecule has 1 atom stereocenters. The van der Waals surface area contributed by atoms with E-state index >= 15 is 0 Å². The summed E-state index contributed by atoms with van der Waals surface area (Å²) in [6.07, 6.45) is 2.50. The molecule has 0 aliphatic heterocycles. The Balaban J connectivity index is 0. The smallest absolute Gasteiger partial charge is 0.308 e. The predicted molar refractivity (Wildman–Crippen MR) is 116 cm³/mol. The minimum Gasteiger partial charge on any atom is -0.469 e. The van der Waals surface area contributed by atoms with Gasteiger partial charge in [-0.15, -0.1) is 0 Å². The van der Waals surface area contributed by atoms with Gasteiger partial charge in [0.1, 0.15) is 5.60 Å². The second kappa shape index (κ2) is 15.9. The lowest BCUT2D eigenvalue weighted by Crippen LogP contribution is -2.21. The lowest BCUT2D eigenvalue weighted by Gasteiger charge is -2.16. The third-order valence-electron chi connectivity index (χ3n) is 3.53. The summed E-state index contributed by atoms with van der Waals surface area (Å²) in [5, 5.41) is 0. The fourth-order valence-corrected chi connectivity index (χ4v) is 2.27. The van der Waals surface area contributed by atoms with Crippen LogP contribution in [0.3, 0.4) is 0 Å². The van der Waals surface area contributed by atoms with Gasteiger partial charge in [0.15, 0.2) is 0 Å². The molecule has 0 bridgehead atoms. The molecule has 0 spiro atoms. The number of carbonyl (C=O) groups is 2. The number of benzene rings is 1. The van der Waals surface area contributed by atoms with E-state index in [1.54, 1.807) is 0 Å². The quantitative estimate of drug-likeness (QED) is 0.407. The van der Waals surface area contributed by atoms with Crippen molar-refractivity contribution in [2.24, 2.45) is 5.92 Å². The number of rotatable bonds is 8. The Morgan fingerprint density at radius 2 is 1.86 bits per heavy atom. The van der Waals surface area contributed by atoms with Crippen LogP contribution in [0.2, 0.25) is 0 Å². The molecule has 0 aliphatic carbocycles. The van der Waals surface area contributed by atoms with Crippen molar-refractivity contribution in [3.8, 4) is 0 Å². The molecule has 0 heterocycles. The number of nitrogens with two attached hydrogens (primary N) is 1. The average molecular weight is 397 g/mol. The van der Waals surface area contributed by atoms with Crippen molar-refractivity contribution in [2.45, 2.75) is 59.5 Å². The van der Waals surface area contributed by atoms with Crippen LogP contribution in [0.15, 0.2) is 24.3 Å². The van der Waals surface area contributed by atoms with Crippen molar-refractivity contribution >= 4 is 18.1 Å². The van der Waals surface area contributed by atoms with Gasteiger partial charge in [0.05, 0.1) is 13.0 Å². The van der Waals surface area contributed by atoms with Crippen LogP contribution in [0.25, 0.3) is 0 Å². The number of ether oxygens (including phenoxy) is 2. The third-order valence-corrected chi connectivity index (χ3v) is 3.53. The molecule has 0 amide bonds. The van der Waals surface area contributed by atoms with E-state index in [-0.39, 0.29) is 17.5 Å². The highest BCUT2D eigenvalue weighted by molar-refractivity contribution is 5.72. The zero-order chi connectivity index (χ0) is 22.2. The van der Waals surface area contributed by atoms with E-state index < -0.39 is 0 Å². The summed E-state index contributed by atoms with van der Waals surface area (Å²) < 4.78 is 9.44. The zero-order valence-electron chi connectivity index (χ0n) is 19.0. The first kappa shape index (κ1) is 28.1. The first-order valence-electron chi connectivity index (χ1n) is 9.77. The van der Waals surface area contributed by atoms with Crippen LogP contribution in [0, 0.1) is 5.92 Å². The van der Waals surface area contributed by atoms with Gasteiger partial charge in [-0.1, -0.05) is 26.0 Å². The highest BCUT2D eigenvalue weighted by Crippen LogP contribution is 2.17. The molecule has 6 heteroatoms. The molecule has 0 saturated carbocycles. The summed E-state index contributed by atoms with van der Waals surface area (Å²) in [6.45, 7) is 10.9. The fourth-order valence-electron chi connectivity index (χ4n) is 2.27. The minimum absolute atomic E-state index is 0.0910. The fraction of sp³-hybridized carbons (Fsp3) is 0.636. The summed E-state index contributed by atoms with van der Waals surface area (Å²) in [4.78, 5) is 23.5. The van der Waals surface area contributed by atoms with Crippen LogP contribution < -0.4 is 5.73 Å². The van der Waals surface area contributed by atoms with Crippen molar-refractivity contribution in [1.82, 2.24) is 4.90 Å². The highest BCUT2D eigenvalue weighted by atomic mass is 16.5. The van der Waals surface area contributed by atoms with E-state index in [0.717, 1.165) is 30.6 Å². The number of esters is 1. The third kappa shape index (κ3) is 16.1. The Morgan fingerprint density at radius 3 is 2.25 bits per heavy atom. The van der Waals surface area contributed by atoms with Crippen LogP contribution in [0.5, 0.6) is 0 Å². The molecule has 0 radical (unpaired) electrons. The van der Waals surface area contributed by atoms with Gasteiger partial charge in [0, 0.05) is 5.69 Å². The van der Waals surface area contributed by atoms with Crippen molar-refractivity contribution < 1.29 is 19.1 Å². The van der Waals surface area contributed by atoms with Crippen LogP contribution in [0.4, 0.5) is 5.69 Å². The topological polar surface area (TPSA) is 81.9 Å². The maximum absolute atomic E-state index is 11.8. The van der Waals surface area contributed by atoms with Gasteiger partial charge >= 0.3 is 5.97 Å². The molecular formula is C22H40N2O4. The Hall–Kier alpha value is -2.08. The second-order valence-electron chi connectivity index (χ2n) is 7.44. The van der Waals surface area contributed by atoms with Gasteiger partial charge in [-0.2, -0.15) is 0 Å². The number of nitrogen functional groups attached to an aromatic ring is 1. The van der Waals surface area contributed by atoms with Crippen molar-refractivity contribution in [2.75, 3.05) is 33.5 Å². The molecule has 28 heavy (non-hydrogen) atoms. The summed E-state index contributed by atoms with van der Waals surface area (Å²) in [5.74, 6) is -0.229. The number of nitrogens with zero attached hydrogens (tertiary/aromatic N) is 1. The molecule has 1 aromatic carbocycles. The van der Waals surface area contributed by atoms with Gasteiger partial charge in [-0.25, -0.2) is 0 Å². The maximum Gasteiger partial charge on any atom is 0.308 e. The molecule has 0 fully saturated rings. The molecule has 6 nitrogen and oxygen atoms in total. The molecule has 0 aromatic heterocycles. The average Bonchev–Trinajstić information content (AvgIpc) is 2.61. The lowest BCUT2D eigenvalue weighted by atomic mass is 9.94. The molecule has 1 aromatic rings. The van der Waals surface area contributed by atoms with Crippen molar-refractivity contribution in [1.29, 1.82) is 0 Å². The van der Waals surface area contributed by atoms with Gasteiger partial charge in [-0.3, -0.25) is 9.59 Å². The predicted octanol–water partition coefficient (Wildman–Crippen LogP) is 3.93.